The molecule has 6 heteroatoms. The molecule has 1 amide bonds. The summed E-state index contributed by atoms with van der Waals surface area (Å²) in [5, 5.41) is 14.3. The minimum Gasteiger partial charge on any atom is -0.391 e. The summed E-state index contributed by atoms with van der Waals surface area (Å²) in [7, 11) is 0. The number of carbonyl (C=O) groups excluding carboxylic acids is 1. The Morgan fingerprint density at radius 3 is 2.52 bits per heavy atom. The van der Waals surface area contributed by atoms with Gasteiger partial charge >= 0.3 is 0 Å². The van der Waals surface area contributed by atoms with Gasteiger partial charge in [-0.25, -0.2) is 0 Å². The highest BCUT2D eigenvalue weighted by molar-refractivity contribution is 5.76. The second-order valence-corrected chi connectivity index (χ2v) is 7.44. The minimum absolute atomic E-state index is 0.0978. The van der Waals surface area contributed by atoms with Gasteiger partial charge < -0.3 is 10.0 Å². The molecule has 1 saturated heterocycles. The summed E-state index contributed by atoms with van der Waals surface area (Å²) in [5.41, 5.74) is -0.0978. The van der Waals surface area contributed by atoms with Crippen molar-refractivity contribution in [3.05, 3.63) is 18.5 Å². The molecule has 1 N–H and O–H groups in total. The van der Waals surface area contributed by atoms with Crippen LogP contribution < -0.4 is 0 Å². The molecule has 2 rings (SSSR count). The lowest BCUT2D eigenvalue weighted by molar-refractivity contribution is -0.133. The van der Waals surface area contributed by atoms with Crippen LogP contribution in [0, 0.1) is 5.41 Å². The Morgan fingerprint density at radius 2 is 1.96 bits per heavy atom. The van der Waals surface area contributed by atoms with Crippen LogP contribution in [0.1, 0.15) is 33.6 Å². The zero-order chi connectivity index (χ0) is 16.9. The molecule has 0 saturated carbocycles. The van der Waals surface area contributed by atoms with E-state index in [1.165, 1.54) is 0 Å². The maximum atomic E-state index is 12.2. The van der Waals surface area contributed by atoms with Crippen molar-refractivity contribution in [2.45, 2.75) is 46.3 Å². The molecule has 0 bridgehead atoms. The first-order chi connectivity index (χ1) is 10.9. The molecule has 1 aromatic heterocycles. The molecule has 0 aromatic carbocycles. The van der Waals surface area contributed by atoms with Crippen molar-refractivity contribution < 1.29 is 9.90 Å². The van der Waals surface area contributed by atoms with Crippen molar-refractivity contribution in [3.8, 4) is 0 Å². The van der Waals surface area contributed by atoms with Crippen LogP contribution in [0.25, 0.3) is 0 Å². The van der Waals surface area contributed by atoms with Crippen molar-refractivity contribution >= 4 is 5.91 Å². The summed E-state index contributed by atoms with van der Waals surface area (Å²) in [5.74, 6) is 0.230. The number of aryl methyl sites for hydroxylation is 1. The smallest absolute Gasteiger partial charge is 0.222 e. The van der Waals surface area contributed by atoms with Crippen LogP contribution in [-0.4, -0.2) is 69.4 Å². The fourth-order valence-electron chi connectivity index (χ4n) is 2.68. The highest BCUT2D eigenvalue weighted by atomic mass is 16.3. The Hall–Kier alpha value is -1.40. The average molecular weight is 322 g/mol. The lowest BCUT2D eigenvalue weighted by Gasteiger charge is -2.38. The van der Waals surface area contributed by atoms with Gasteiger partial charge in [-0.2, -0.15) is 5.10 Å². The number of rotatable bonds is 6. The fraction of sp³-hybridized carbons (Fsp3) is 0.765. The van der Waals surface area contributed by atoms with Crippen LogP contribution in [0.4, 0.5) is 0 Å². The highest BCUT2D eigenvalue weighted by Crippen LogP contribution is 2.20. The third-order valence-corrected chi connectivity index (χ3v) is 4.49. The van der Waals surface area contributed by atoms with Crippen LogP contribution >= 0.6 is 0 Å². The summed E-state index contributed by atoms with van der Waals surface area (Å²) in [6.45, 7) is 10.8. The maximum Gasteiger partial charge on any atom is 0.222 e. The molecule has 130 valence electrons. The van der Waals surface area contributed by atoms with Gasteiger partial charge in [-0.1, -0.05) is 20.8 Å². The predicted molar refractivity (Wildman–Crippen MR) is 89.9 cm³/mol. The van der Waals surface area contributed by atoms with Crippen molar-refractivity contribution in [1.29, 1.82) is 0 Å². The second-order valence-electron chi connectivity index (χ2n) is 7.44. The van der Waals surface area contributed by atoms with E-state index in [0.29, 0.717) is 13.0 Å². The minimum atomic E-state index is -0.334. The number of amides is 1. The van der Waals surface area contributed by atoms with Crippen molar-refractivity contribution in [2.24, 2.45) is 5.41 Å². The van der Waals surface area contributed by atoms with Gasteiger partial charge in [0.1, 0.15) is 0 Å². The topological polar surface area (TPSA) is 61.6 Å². The lowest BCUT2D eigenvalue weighted by Crippen LogP contribution is -2.51. The van der Waals surface area contributed by atoms with Gasteiger partial charge in [0.05, 0.1) is 6.10 Å². The van der Waals surface area contributed by atoms with Crippen LogP contribution in [0.2, 0.25) is 0 Å². The number of nitrogens with zero attached hydrogens (tertiary/aromatic N) is 4. The van der Waals surface area contributed by atoms with Crippen LogP contribution in [0.3, 0.4) is 0 Å². The quantitative estimate of drug-likeness (QED) is 0.855. The molecule has 23 heavy (non-hydrogen) atoms. The molecule has 6 nitrogen and oxygen atoms in total. The van der Waals surface area contributed by atoms with Crippen LogP contribution in [0.15, 0.2) is 18.5 Å². The summed E-state index contributed by atoms with van der Waals surface area (Å²) in [6, 6.07) is 1.90. The molecule has 1 atom stereocenters. The third kappa shape index (κ3) is 5.62. The first kappa shape index (κ1) is 17.9. The number of aliphatic hydroxyl groups is 1. The van der Waals surface area contributed by atoms with Gasteiger partial charge in [0.2, 0.25) is 5.91 Å². The molecule has 0 unspecified atom stereocenters. The molecule has 1 fully saturated rings. The molecule has 1 aromatic rings. The van der Waals surface area contributed by atoms with E-state index in [0.717, 1.165) is 39.1 Å². The van der Waals surface area contributed by atoms with E-state index in [4.69, 9.17) is 0 Å². The normalized spacial score (nSPS) is 18.2. The first-order valence-corrected chi connectivity index (χ1v) is 8.52. The second kappa shape index (κ2) is 7.93. The Balaban J connectivity index is 1.66. The van der Waals surface area contributed by atoms with E-state index >= 15 is 0 Å². The van der Waals surface area contributed by atoms with Gasteiger partial charge in [-0.15, -0.1) is 0 Å². The fourth-order valence-corrected chi connectivity index (χ4v) is 2.68. The first-order valence-electron chi connectivity index (χ1n) is 8.52. The van der Waals surface area contributed by atoms with Gasteiger partial charge in [-0.05, 0) is 17.9 Å². The van der Waals surface area contributed by atoms with E-state index < -0.39 is 0 Å². The van der Waals surface area contributed by atoms with Gasteiger partial charge in [-0.3, -0.25) is 14.4 Å². The predicted octanol–water partition coefficient (Wildman–Crippen LogP) is 1.21. The number of hydrogen-bond acceptors (Lipinski definition) is 4. The Morgan fingerprint density at radius 1 is 1.26 bits per heavy atom. The monoisotopic (exact) mass is 322 g/mol. The number of piperazine rings is 1. The van der Waals surface area contributed by atoms with Crippen LogP contribution in [-0.2, 0) is 11.3 Å². The van der Waals surface area contributed by atoms with Gasteiger partial charge in [0, 0.05) is 58.1 Å². The number of hydrogen-bond donors (Lipinski definition) is 1. The average Bonchev–Trinajstić information content (AvgIpc) is 3.00. The molecular weight excluding hydrogens is 292 g/mol. The largest absolute Gasteiger partial charge is 0.391 e. The van der Waals surface area contributed by atoms with E-state index in [1.807, 2.05) is 21.8 Å². The van der Waals surface area contributed by atoms with Gasteiger partial charge in [0.25, 0.3) is 0 Å². The van der Waals surface area contributed by atoms with E-state index in [-0.39, 0.29) is 17.4 Å². The number of β-amino-alcohol motifs (C(OH)–C–C–N with tert-alkyl or cyclic N) is 1. The van der Waals surface area contributed by atoms with Crippen molar-refractivity contribution in [2.75, 3.05) is 32.7 Å². The Kier molecular flexibility index (Phi) is 6.18. The highest BCUT2D eigenvalue weighted by Gasteiger charge is 2.27. The summed E-state index contributed by atoms with van der Waals surface area (Å²) < 4.78 is 1.86. The zero-order valence-electron chi connectivity index (χ0n) is 14.6. The SMILES string of the molecule is CC(C)(C)[C@H](O)CN1CCN(C(=O)CCCn2cccn2)CC1. The molecule has 2 heterocycles. The van der Waals surface area contributed by atoms with Crippen molar-refractivity contribution in [1.82, 2.24) is 19.6 Å². The van der Waals surface area contributed by atoms with Crippen LogP contribution in [0.5, 0.6) is 0 Å². The number of carbonyl (C=O) groups is 1. The molecular formula is C17H30N4O2. The molecule has 0 spiro atoms. The number of aromatic nitrogens is 2. The Bertz CT molecular complexity index is 473. The van der Waals surface area contributed by atoms with E-state index in [2.05, 4.69) is 30.8 Å². The van der Waals surface area contributed by atoms with E-state index in [9.17, 15) is 9.90 Å². The summed E-state index contributed by atoms with van der Waals surface area (Å²) in [6.07, 6.45) is 4.74. The summed E-state index contributed by atoms with van der Waals surface area (Å²) in [4.78, 5) is 16.4. The molecule has 0 aliphatic carbocycles. The molecule has 0 radical (unpaired) electrons. The number of aliphatic hydroxyl groups excluding tert-OH is 1. The molecule has 1 aliphatic heterocycles. The third-order valence-electron chi connectivity index (χ3n) is 4.49. The molecule has 1 aliphatic rings. The van der Waals surface area contributed by atoms with E-state index in [1.54, 1.807) is 6.20 Å². The summed E-state index contributed by atoms with van der Waals surface area (Å²) >= 11 is 0. The Labute approximate surface area is 139 Å². The standard InChI is InChI=1S/C17H30N4O2/c1-17(2,3)15(22)14-19-10-12-20(13-11-19)16(23)6-4-8-21-9-5-7-18-21/h5,7,9,15,22H,4,6,8,10-14H2,1-3H3/t15-/m1/s1. The van der Waals surface area contributed by atoms with Gasteiger partial charge in [0.15, 0.2) is 0 Å². The maximum absolute atomic E-state index is 12.2. The van der Waals surface area contributed by atoms with Crippen molar-refractivity contribution in [3.63, 3.8) is 0 Å². The lowest BCUT2D eigenvalue weighted by atomic mass is 9.89. The zero-order valence-corrected chi connectivity index (χ0v) is 14.6.